The van der Waals surface area contributed by atoms with Crippen LogP contribution in [0.4, 0.5) is 5.69 Å². The second-order valence-corrected chi connectivity index (χ2v) is 6.99. The number of amides is 1. The average Bonchev–Trinajstić information content (AvgIpc) is 2.82. The molecule has 5 heteroatoms. The minimum absolute atomic E-state index is 0.00999. The number of anilines is 1. The topological polar surface area (TPSA) is 46.2 Å². The highest BCUT2D eigenvalue weighted by Gasteiger charge is 2.53. The van der Waals surface area contributed by atoms with Crippen LogP contribution in [0.3, 0.4) is 0 Å². The smallest absolute Gasteiger partial charge is 0.239 e. The quantitative estimate of drug-likeness (QED) is 0.816. The summed E-state index contributed by atoms with van der Waals surface area (Å²) in [7, 11) is 0. The maximum Gasteiger partial charge on any atom is 0.239 e. The molecule has 120 valence electrons. The summed E-state index contributed by atoms with van der Waals surface area (Å²) in [5.74, 6) is -0.408. The molecule has 0 fully saturated rings. The molecule has 0 aromatic heterocycles. The first kappa shape index (κ1) is 15.4. The number of carbonyl (C=O) groups excluding carboxylic acids is 2. The molecular formula is C19H13Cl2NO2. The fraction of sp³-hybridized carbons (Fsp3) is 0.158. The van der Waals surface area contributed by atoms with Crippen LogP contribution in [0.1, 0.15) is 23.5 Å². The second kappa shape index (κ2) is 5.47. The number of halogens is 2. The lowest BCUT2D eigenvalue weighted by Crippen LogP contribution is -2.41. The molecule has 2 atom stereocenters. The average molecular weight is 358 g/mol. The molecule has 1 unspecified atom stereocenters. The van der Waals surface area contributed by atoms with Crippen LogP contribution in [0.25, 0.3) is 0 Å². The molecule has 1 heterocycles. The number of carbonyl (C=O) groups is 2. The minimum atomic E-state index is -0.901. The molecule has 3 nitrogen and oxygen atoms in total. The van der Waals surface area contributed by atoms with E-state index >= 15 is 0 Å². The Bertz CT molecular complexity index is 889. The van der Waals surface area contributed by atoms with E-state index in [0.717, 1.165) is 11.1 Å². The van der Waals surface area contributed by atoms with Crippen molar-refractivity contribution in [2.24, 2.45) is 0 Å². The number of hydrogen-bond acceptors (Lipinski definition) is 2. The molecule has 2 aromatic carbocycles. The summed E-state index contributed by atoms with van der Waals surface area (Å²) in [6.45, 7) is 0. The number of ketones is 1. The fourth-order valence-electron chi connectivity index (χ4n) is 3.69. The summed E-state index contributed by atoms with van der Waals surface area (Å²) < 4.78 is 0. The SMILES string of the molecule is O=C1C=C[C@@]2(C(=O)Nc3cc(Cl)ccc32)C(c2ccc(Cl)cc2)C1. The lowest BCUT2D eigenvalue weighted by molar-refractivity contribution is -0.121. The monoisotopic (exact) mass is 357 g/mol. The Hall–Kier alpha value is -2.10. The van der Waals surface area contributed by atoms with Crippen LogP contribution >= 0.6 is 23.2 Å². The highest BCUT2D eigenvalue weighted by atomic mass is 35.5. The third-order valence-electron chi connectivity index (χ3n) is 4.81. The maximum atomic E-state index is 12.9. The summed E-state index contributed by atoms with van der Waals surface area (Å²) >= 11 is 12.0. The number of rotatable bonds is 1. The molecule has 1 N–H and O–H groups in total. The van der Waals surface area contributed by atoms with Crippen LogP contribution in [0.2, 0.25) is 10.0 Å². The van der Waals surface area contributed by atoms with Crippen molar-refractivity contribution in [1.29, 1.82) is 0 Å². The molecule has 0 saturated heterocycles. The Labute approximate surface area is 149 Å². The van der Waals surface area contributed by atoms with Gasteiger partial charge in [-0.1, -0.05) is 47.5 Å². The Kier molecular flexibility index (Phi) is 3.52. The van der Waals surface area contributed by atoms with Gasteiger partial charge in [-0.3, -0.25) is 9.59 Å². The van der Waals surface area contributed by atoms with Crippen LogP contribution in [0.5, 0.6) is 0 Å². The van der Waals surface area contributed by atoms with E-state index in [-0.39, 0.29) is 24.0 Å². The van der Waals surface area contributed by atoms with Crippen molar-refractivity contribution in [1.82, 2.24) is 0 Å². The fourth-order valence-corrected chi connectivity index (χ4v) is 3.98. The van der Waals surface area contributed by atoms with E-state index in [0.29, 0.717) is 15.7 Å². The van der Waals surface area contributed by atoms with Gasteiger partial charge < -0.3 is 5.32 Å². The standard InChI is InChI=1S/C19H13Cl2NO2/c20-12-3-1-11(2-4-12)16-10-14(23)7-8-19(16)15-6-5-13(21)9-17(15)22-18(19)24/h1-9,16H,10H2,(H,22,24)/t16?,19-/m0/s1. The van der Waals surface area contributed by atoms with Crippen molar-refractivity contribution in [3.05, 3.63) is 75.8 Å². The predicted molar refractivity (Wildman–Crippen MR) is 94.7 cm³/mol. The van der Waals surface area contributed by atoms with E-state index in [2.05, 4.69) is 5.32 Å². The molecule has 0 radical (unpaired) electrons. The first-order chi connectivity index (χ1) is 11.5. The van der Waals surface area contributed by atoms with Gasteiger partial charge in [0.25, 0.3) is 0 Å². The third kappa shape index (κ3) is 2.20. The van der Waals surface area contributed by atoms with Crippen LogP contribution < -0.4 is 5.32 Å². The van der Waals surface area contributed by atoms with Crippen molar-refractivity contribution >= 4 is 40.6 Å². The number of fused-ring (bicyclic) bond motifs is 2. The van der Waals surface area contributed by atoms with Crippen LogP contribution in [-0.2, 0) is 15.0 Å². The van der Waals surface area contributed by atoms with E-state index < -0.39 is 5.41 Å². The molecular weight excluding hydrogens is 345 g/mol. The summed E-state index contributed by atoms with van der Waals surface area (Å²) in [4.78, 5) is 25.0. The van der Waals surface area contributed by atoms with Gasteiger partial charge in [-0.05, 0) is 41.5 Å². The van der Waals surface area contributed by atoms with Crippen LogP contribution in [-0.4, -0.2) is 11.7 Å². The predicted octanol–water partition coefficient (Wildman–Crippen LogP) is 4.50. The van der Waals surface area contributed by atoms with E-state index in [1.807, 2.05) is 18.2 Å². The van der Waals surface area contributed by atoms with E-state index in [4.69, 9.17) is 23.2 Å². The Morgan fingerprint density at radius 2 is 1.71 bits per heavy atom. The molecule has 1 aliphatic heterocycles. The van der Waals surface area contributed by atoms with E-state index in [1.165, 1.54) is 6.08 Å². The van der Waals surface area contributed by atoms with Crippen molar-refractivity contribution < 1.29 is 9.59 Å². The first-order valence-corrected chi connectivity index (χ1v) is 8.35. The zero-order valence-electron chi connectivity index (χ0n) is 12.6. The minimum Gasteiger partial charge on any atom is -0.325 e. The zero-order valence-corrected chi connectivity index (χ0v) is 14.1. The van der Waals surface area contributed by atoms with Gasteiger partial charge in [-0.2, -0.15) is 0 Å². The lowest BCUT2D eigenvalue weighted by Gasteiger charge is -2.36. The first-order valence-electron chi connectivity index (χ1n) is 7.60. The Morgan fingerprint density at radius 1 is 1.00 bits per heavy atom. The van der Waals surface area contributed by atoms with Crippen molar-refractivity contribution in [2.75, 3.05) is 5.32 Å². The van der Waals surface area contributed by atoms with Gasteiger partial charge in [0.15, 0.2) is 5.78 Å². The zero-order chi connectivity index (χ0) is 16.9. The van der Waals surface area contributed by atoms with Crippen LogP contribution in [0, 0.1) is 0 Å². The number of nitrogens with one attached hydrogen (secondary N) is 1. The van der Waals surface area contributed by atoms with E-state index in [1.54, 1.807) is 30.3 Å². The third-order valence-corrected chi connectivity index (χ3v) is 5.30. The van der Waals surface area contributed by atoms with Gasteiger partial charge in [0.05, 0.1) is 0 Å². The van der Waals surface area contributed by atoms with Crippen molar-refractivity contribution in [3.63, 3.8) is 0 Å². The molecule has 0 saturated carbocycles. The molecule has 2 aromatic rings. The Morgan fingerprint density at radius 3 is 2.46 bits per heavy atom. The van der Waals surface area contributed by atoms with Crippen molar-refractivity contribution in [3.8, 4) is 0 Å². The van der Waals surface area contributed by atoms with E-state index in [9.17, 15) is 9.59 Å². The van der Waals surface area contributed by atoms with Crippen molar-refractivity contribution in [2.45, 2.75) is 17.8 Å². The van der Waals surface area contributed by atoms with Gasteiger partial charge in [0.2, 0.25) is 5.91 Å². The van der Waals surface area contributed by atoms with Gasteiger partial charge in [-0.15, -0.1) is 0 Å². The normalized spacial score (nSPS) is 25.0. The van der Waals surface area contributed by atoms with Gasteiger partial charge in [0.1, 0.15) is 5.41 Å². The van der Waals surface area contributed by atoms with Gasteiger partial charge in [0, 0.05) is 28.1 Å². The number of benzene rings is 2. The molecule has 1 amide bonds. The molecule has 1 spiro atoms. The highest BCUT2D eigenvalue weighted by molar-refractivity contribution is 6.31. The summed E-state index contributed by atoms with van der Waals surface area (Å²) in [6.07, 6.45) is 3.51. The molecule has 4 rings (SSSR count). The summed E-state index contributed by atoms with van der Waals surface area (Å²) in [5.41, 5.74) is 1.56. The van der Waals surface area contributed by atoms with Gasteiger partial charge >= 0.3 is 0 Å². The van der Waals surface area contributed by atoms with Gasteiger partial charge in [-0.25, -0.2) is 0 Å². The van der Waals surface area contributed by atoms with Crippen LogP contribution in [0.15, 0.2) is 54.6 Å². The number of hydrogen-bond donors (Lipinski definition) is 1. The maximum absolute atomic E-state index is 12.9. The molecule has 2 aliphatic rings. The second-order valence-electron chi connectivity index (χ2n) is 6.12. The highest BCUT2D eigenvalue weighted by Crippen LogP contribution is 2.52. The molecule has 1 aliphatic carbocycles. The lowest BCUT2D eigenvalue weighted by atomic mass is 9.64. The summed E-state index contributed by atoms with van der Waals surface area (Å²) in [6, 6.07) is 12.7. The Balaban J connectivity index is 1.93. The number of allylic oxidation sites excluding steroid dienone is 1. The summed E-state index contributed by atoms with van der Waals surface area (Å²) in [5, 5.41) is 4.09. The molecule has 24 heavy (non-hydrogen) atoms. The largest absolute Gasteiger partial charge is 0.325 e. The molecule has 0 bridgehead atoms.